The largest absolute Gasteiger partial charge is 0.312 e. The van der Waals surface area contributed by atoms with Crippen molar-refractivity contribution >= 4 is 11.8 Å². The van der Waals surface area contributed by atoms with Crippen molar-refractivity contribution in [2.75, 3.05) is 12.8 Å². The first-order chi connectivity index (χ1) is 9.22. The molecular formula is C16H20N2S. The van der Waals surface area contributed by atoms with Gasteiger partial charge in [0.05, 0.1) is 0 Å². The Balaban J connectivity index is 2.09. The summed E-state index contributed by atoms with van der Waals surface area (Å²) in [7, 11) is 2.01. The van der Waals surface area contributed by atoms with Gasteiger partial charge >= 0.3 is 0 Å². The van der Waals surface area contributed by atoms with E-state index in [1.165, 1.54) is 21.6 Å². The van der Waals surface area contributed by atoms with Crippen LogP contribution in [0.5, 0.6) is 0 Å². The molecule has 1 aromatic carbocycles. The molecule has 2 aromatic rings. The second-order valence-electron chi connectivity index (χ2n) is 4.65. The van der Waals surface area contributed by atoms with Gasteiger partial charge in [0, 0.05) is 29.1 Å². The molecule has 100 valence electrons. The van der Waals surface area contributed by atoms with E-state index in [4.69, 9.17) is 0 Å². The van der Waals surface area contributed by atoms with Crippen molar-refractivity contribution < 1.29 is 0 Å². The fraction of sp³-hybridized carbons (Fsp3) is 0.312. The molecule has 1 atom stereocenters. The third kappa shape index (κ3) is 3.58. The van der Waals surface area contributed by atoms with Gasteiger partial charge in [0.15, 0.2) is 0 Å². The number of thioether (sulfide) groups is 1. The maximum absolute atomic E-state index is 4.24. The number of rotatable bonds is 5. The summed E-state index contributed by atoms with van der Waals surface area (Å²) >= 11 is 1.89. The SMILES string of the molecule is CNC(CSc1ccccc1C)c1cnccc1C. The van der Waals surface area contributed by atoms with Gasteiger partial charge < -0.3 is 5.32 Å². The maximum Gasteiger partial charge on any atom is 0.0430 e. The Bertz CT molecular complexity index is 540. The molecule has 0 fully saturated rings. The standard InChI is InChI=1S/C16H20N2S/c1-12-8-9-18-10-14(12)15(17-3)11-19-16-7-5-4-6-13(16)2/h4-10,15,17H,11H2,1-3H3. The summed E-state index contributed by atoms with van der Waals surface area (Å²) in [5.74, 6) is 1.01. The summed E-state index contributed by atoms with van der Waals surface area (Å²) < 4.78 is 0. The van der Waals surface area contributed by atoms with E-state index >= 15 is 0 Å². The van der Waals surface area contributed by atoms with Gasteiger partial charge in [-0.3, -0.25) is 4.98 Å². The normalized spacial score (nSPS) is 12.4. The summed E-state index contributed by atoms with van der Waals surface area (Å²) in [6.45, 7) is 4.30. The molecule has 0 aliphatic rings. The van der Waals surface area contributed by atoms with Crippen molar-refractivity contribution in [1.82, 2.24) is 10.3 Å². The van der Waals surface area contributed by atoms with Gasteiger partial charge in [0.25, 0.3) is 0 Å². The van der Waals surface area contributed by atoms with E-state index in [1.807, 2.05) is 31.2 Å². The number of hydrogen-bond acceptors (Lipinski definition) is 3. The molecule has 2 nitrogen and oxygen atoms in total. The molecule has 0 aliphatic heterocycles. The summed E-state index contributed by atoms with van der Waals surface area (Å²) in [4.78, 5) is 5.59. The number of nitrogens with zero attached hydrogens (tertiary/aromatic N) is 1. The molecule has 1 heterocycles. The van der Waals surface area contributed by atoms with Crippen LogP contribution in [0.3, 0.4) is 0 Å². The molecule has 1 unspecified atom stereocenters. The lowest BCUT2D eigenvalue weighted by atomic mass is 10.1. The minimum absolute atomic E-state index is 0.332. The van der Waals surface area contributed by atoms with E-state index in [0.717, 1.165) is 5.75 Å². The Hall–Kier alpha value is -1.32. The number of aromatic nitrogens is 1. The molecule has 1 N–H and O–H groups in total. The molecule has 0 saturated heterocycles. The van der Waals surface area contributed by atoms with Gasteiger partial charge in [0.1, 0.15) is 0 Å². The molecule has 0 bridgehead atoms. The van der Waals surface area contributed by atoms with Crippen molar-refractivity contribution in [1.29, 1.82) is 0 Å². The van der Waals surface area contributed by atoms with Crippen molar-refractivity contribution in [2.45, 2.75) is 24.8 Å². The highest BCUT2D eigenvalue weighted by Crippen LogP contribution is 2.27. The van der Waals surface area contributed by atoms with Crippen molar-refractivity contribution in [3.05, 3.63) is 59.4 Å². The lowest BCUT2D eigenvalue weighted by Gasteiger charge is -2.18. The highest BCUT2D eigenvalue weighted by molar-refractivity contribution is 7.99. The van der Waals surface area contributed by atoms with Crippen LogP contribution in [0.25, 0.3) is 0 Å². The zero-order valence-corrected chi connectivity index (χ0v) is 12.5. The Morgan fingerprint density at radius 2 is 1.95 bits per heavy atom. The minimum atomic E-state index is 0.332. The van der Waals surface area contributed by atoms with Gasteiger partial charge in [-0.15, -0.1) is 11.8 Å². The molecule has 2 rings (SSSR count). The molecule has 0 spiro atoms. The second-order valence-corrected chi connectivity index (χ2v) is 5.71. The fourth-order valence-corrected chi connectivity index (χ4v) is 3.22. The highest BCUT2D eigenvalue weighted by atomic mass is 32.2. The van der Waals surface area contributed by atoms with Crippen LogP contribution in [0.15, 0.2) is 47.6 Å². The van der Waals surface area contributed by atoms with Crippen LogP contribution in [0.4, 0.5) is 0 Å². The van der Waals surface area contributed by atoms with Gasteiger partial charge in [0.2, 0.25) is 0 Å². The first-order valence-corrected chi connectivity index (χ1v) is 7.47. The summed E-state index contributed by atoms with van der Waals surface area (Å²) in [5.41, 5.74) is 3.91. The van der Waals surface area contributed by atoms with Gasteiger partial charge in [-0.25, -0.2) is 0 Å². The van der Waals surface area contributed by atoms with Crippen LogP contribution >= 0.6 is 11.8 Å². The molecule has 0 amide bonds. The molecule has 0 saturated carbocycles. The average molecular weight is 272 g/mol. The Kier molecular flexibility index (Phi) is 5.00. The Morgan fingerprint density at radius 3 is 2.63 bits per heavy atom. The molecular weight excluding hydrogens is 252 g/mol. The number of hydrogen-bond donors (Lipinski definition) is 1. The first kappa shape index (κ1) is 14.1. The topological polar surface area (TPSA) is 24.9 Å². The average Bonchev–Trinajstić information content (AvgIpc) is 2.43. The molecule has 1 aromatic heterocycles. The number of nitrogens with one attached hydrogen (secondary N) is 1. The van der Waals surface area contributed by atoms with Crippen LogP contribution in [0.2, 0.25) is 0 Å². The van der Waals surface area contributed by atoms with E-state index in [0.29, 0.717) is 6.04 Å². The van der Waals surface area contributed by atoms with Gasteiger partial charge in [-0.05, 0) is 49.7 Å². The quantitative estimate of drug-likeness (QED) is 0.839. The summed E-state index contributed by atoms with van der Waals surface area (Å²) in [6.07, 6.45) is 3.81. The van der Waals surface area contributed by atoms with Crippen LogP contribution in [-0.4, -0.2) is 17.8 Å². The minimum Gasteiger partial charge on any atom is -0.312 e. The zero-order chi connectivity index (χ0) is 13.7. The predicted octanol–water partition coefficient (Wildman–Crippen LogP) is 3.75. The molecule has 0 radical (unpaired) electrons. The van der Waals surface area contributed by atoms with E-state index in [9.17, 15) is 0 Å². The fourth-order valence-electron chi connectivity index (χ4n) is 2.06. The van der Waals surface area contributed by atoms with Crippen LogP contribution in [-0.2, 0) is 0 Å². The van der Waals surface area contributed by atoms with Crippen molar-refractivity contribution in [2.24, 2.45) is 0 Å². The van der Waals surface area contributed by atoms with E-state index in [2.05, 4.69) is 54.5 Å². The third-order valence-corrected chi connectivity index (χ3v) is 4.57. The van der Waals surface area contributed by atoms with Gasteiger partial charge in [-0.2, -0.15) is 0 Å². The maximum atomic E-state index is 4.24. The number of benzene rings is 1. The number of pyridine rings is 1. The molecule has 0 aliphatic carbocycles. The second kappa shape index (κ2) is 6.73. The van der Waals surface area contributed by atoms with E-state index in [-0.39, 0.29) is 0 Å². The van der Waals surface area contributed by atoms with E-state index in [1.54, 1.807) is 0 Å². The number of aryl methyl sites for hydroxylation is 2. The van der Waals surface area contributed by atoms with Crippen LogP contribution in [0, 0.1) is 13.8 Å². The van der Waals surface area contributed by atoms with Crippen LogP contribution < -0.4 is 5.32 Å². The molecule has 3 heteroatoms. The first-order valence-electron chi connectivity index (χ1n) is 6.48. The summed E-state index contributed by atoms with van der Waals surface area (Å²) in [5, 5.41) is 3.39. The lowest BCUT2D eigenvalue weighted by molar-refractivity contribution is 0.655. The van der Waals surface area contributed by atoms with Crippen molar-refractivity contribution in [3.8, 4) is 0 Å². The monoisotopic (exact) mass is 272 g/mol. The smallest absolute Gasteiger partial charge is 0.0430 e. The Morgan fingerprint density at radius 1 is 1.16 bits per heavy atom. The lowest BCUT2D eigenvalue weighted by Crippen LogP contribution is -2.20. The summed E-state index contributed by atoms with van der Waals surface area (Å²) in [6, 6.07) is 10.9. The molecule has 19 heavy (non-hydrogen) atoms. The highest BCUT2D eigenvalue weighted by Gasteiger charge is 2.12. The van der Waals surface area contributed by atoms with E-state index < -0.39 is 0 Å². The predicted molar refractivity (Wildman–Crippen MR) is 82.7 cm³/mol. The Labute approximate surface area is 119 Å². The van der Waals surface area contributed by atoms with Crippen LogP contribution in [0.1, 0.15) is 22.7 Å². The third-order valence-electron chi connectivity index (χ3n) is 3.30. The van der Waals surface area contributed by atoms with Crippen molar-refractivity contribution in [3.63, 3.8) is 0 Å². The zero-order valence-electron chi connectivity index (χ0n) is 11.7. The van der Waals surface area contributed by atoms with Gasteiger partial charge in [-0.1, -0.05) is 18.2 Å².